The molecular weight excluding hydrogens is 322 g/mol. The Bertz CT molecular complexity index is 879. The second kappa shape index (κ2) is 6.45. The first-order valence-corrected chi connectivity index (χ1v) is 8.04. The van der Waals surface area contributed by atoms with Crippen LogP contribution in [0.4, 0.5) is 5.69 Å². The van der Waals surface area contributed by atoms with Gasteiger partial charge in [-0.2, -0.15) is 0 Å². The van der Waals surface area contributed by atoms with Gasteiger partial charge in [0.2, 0.25) is 0 Å². The Balaban J connectivity index is 2.30. The molecule has 1 aromatic carbocycles. The van der Waals surface area contributed by atoms with Gasteiger partial charge >= 0.3 is 0 Å². The highest BCUT2D eigenvalue weighted by Crippen LogP contribution is 2.29. The normalized spacial score (nSPS) is 16.0. The van der Waals surface area contributed by atoms with Crippen LogP contribution < -0.4 is 11.1 Å². The van der Waals surface area contributed by atoms with Gasteiger partial charge in [0.15, 0.2) is 5.84 Å². The van der Waals surface area contributed by atoms with Crippen LogP contribution in [0.3, 0.4) is 0 Å². The summed E-state index contributed by atoms with van der Waals surface area (Å²) >= 11 is 6.38. The molecular formula is C18H18ClN5. The molecule has 0 saturated heterocycles. The number of anilines is 1. The highest BCUT2D eigenvalue weighted by molar-refractivity contribution is 6.36. The number of rotatable bonds is 2. The number of nitrogens with zero attached hydrogens (tertiary/aromatic N) is 2. The van der Waals surface area contributed by atoms with Gasteiger partial charge in [-0.15, -0.1) is 0 Å². The van der Waals surface area contributed by atoms with E-state index >= 15 is 0 Å². The number of pyridine rings is 1. The summed E-state index contributed by atoms with van der Waals surface area (Å²) in [4.78, 5) is 9.11. The molecule has 0 bridgehead atoms. The highest BCUT2D eigenvalue weighted by atomic mass is 35.5. The first kappa shape index (κ1) is 16.2. The monoisotopic (exact) mass is 339 g/mol. The fourth-order valence-corrected chi connectivity index (χ4v) is 2.78. The number of halogens is 1. The molecule has 0 radical (unpaired) electrons. The zero-order valence-electron chi connectivity index (χ0n) is 13.5. The molecule has 0 spiro atoms. The summed E-state index contributed by atoms with van der Waals surface area (Å²) in [5.74, 6) is 0.159. The molecule has 0 aliphatic carbocycles. The van der Waals surface area contributed by atoms with E-state index in [0.29, 0.717) is 22.1 Å². The Morgan fingerprint density at radius 3 is 2.71 bits per heavy atom. The predicted molar refractivity (Wildman–Crippen MR) is 98.9 cm³/mol. The number of nitrogens with two attached hydrogens (primary N) is 1. The summed E-state index contributed by atoms with van der Waals surface area (Å²) in [6.07, 6.45) is 2.57. The lowest BCUT2D eigenvalue weighted by Crippen LogP contribution is -2.15. The van der Waals surface area contributed by atoms with Gasteiger partial charge in [-0.05, 0) is 25.5 Å². The van der Waals surface area contributed by atoms with Crippen molar-refractivity contribution in [2.45, 2.75) is 20.3 Å². The van der Waals surface area contributed by atoms with Gasteiger partial charge < -0.3 is 11.1 Å². The number of allylic oxidation sites excluding steroid dienone is 1. The van der Waals surface area contributed by atoms with E-state index in [2.05, 4.69) is 15.3 Å². The average molecular weight is 340 g/mol. The number of fused-ring (bicyclic) bond motifs is 1. The topological polar surface area (TPSA) is 87.2 Å². The molecule has 1 aliphatic heterocycles. The van der Waals surface area contributed by atoms with Crippen LogP contribution >= 0.6 is 11.6 Å². The van der Waals surface area contributed by atoms with E-state index in [1.165, 1.54) is 0 Å². The van der Waals surface area contributed by atoms with E-state index in [1.807, 2.05) is 37.3 Å². The Morgan fingerprint density at radius 2 is 2.04 bits per heavy atom. The summed E-state index contributed by atoms with van der Waals surface area (Å²) < 4.78 is 0. The van der Waals surface area contributed by atoms with Crippen molar-refractivity contribution >= 4 is 28.8 Å². The summed E-state index contributed by atoms with van der Waals surface area (Å²) in [5, 5.41) is 12.0. The molecule has 2 heterocycles. The molecule has 24 heavy (non-hydrogen) atoms. The average Bonchev–Trinajstić information content (AvgIpc) is 2.70. The highest BCUT2D eigenvalue weighted by Gasteiger charge is 2.22. The first-order valence-electron chi connectivity index (χ1n) is 7.66. The Kier molecular flexibility index (Phi) is 4.36. The Labute approximate surface area is 145 Å². The number of aryl methyl sites for hydroxylation is 1. The molecule has 2 aromatic rings. The van der Waals surface area contributed by atoms with Crippen molar-refractivity contribution in [2.24, 2.45) is 10.7 Å². The smallest absolute Gasteiger partial charge is 0.150 e. The molecule has 6 heteroatoms. The second-order valence-electron chi connectivity index (χ2n) is 5.55. The van der Waals surface area contributed by atoms with E-state index in [4.69, 9.17) is 22.7 Å². The molecule has 0 atom stereocenters. The maximum Gasteiger partial charge on any atom is 0.150 e. The third-order valence-corrected chi connectivity index (χ3v) is 4.13. The summed E-state index contributed by atoms with van der Waals surface area (Å²) in [6.45, 7) is 3.76. The van der Waals surface area contributed by atoms with Gasteiger partial charge in [-0.1, -0.05) is 36.7 Å². The number of nitrogens with one attached hydrogen (secondary N) is 2. The van der Waals surface area contributed by atoms with Crippen LogP contribution in [-0.2, 0) is 6.42 Å². The van der Waals surface area contributed by atoms with Crippen molar-refractivity contribution in [1.29, 1.82) is 5.41 Å². The van der Waals surface area contributed by atoms with Gasteiger partial charge in [0.25, 0.3) is 0 Å². The molecule has 4 N–H and O–H groups in total. The van der Waals surface area contributed by atoms with Gasteiger partial charge in [0, 0.05) is 33.7 Å². The minimum Gasteiger partial charge on any atom is -0.400 e. The van der Waals surface area contributed by atoms with Crippen LogP contribution in [0.2, 0.25) is 5.02 Å². The maximum atomic E-state index is 8.27. The third kappa shape index (κ3) is 2.90. The number of aromatic nitrogens is 1. The van der Waals surface area contributed by atoms with Crippen molar-refractivity contribution in [3.05, 3.63) is 69.8 Å². The lowest BCUT2D eigenvalue weighted by atomic mass is 10.0. The van der Waals surface area contributed by atoms with Crippen molar-refractivity contribution in [2.75, 3.05) is 5.32 Å². The quantitative estimate of drug-likeness (QED) is 0.779. The van der Waals surface area contributed by atoms with Crippen LogP contribution in [0.15, 0.2) is 52.9 Å². The van der Waals surface area contributed by atoms with Crippen LogP contribution in [0.1, 0.15) is 30.7 Å². The van der Waals surface area contributed by atoms with Crippen LogP contribution in [0.25, 0.3) is 0 Å². The van der Waals surface area contributed by atoms with E-state index < -0.39 is 0 Å². The van der Waals surface area contributed by atoms with Crippen LogP contribution in [0.5, 0.6) is 0 Å². The zero-order chi connectivity index (χ0) is 17.3. The number of benzene rings is 1. The van der Waals surface area contributed by atoms with Gasteiger partial charge in [-0.25, -0.2) is 4.99 Å². The predicted octanol–water partition coefficient (Wildman–Crippen LogP) is 3.73. The minimum atomic E-state index is 0.159. The van der Waals surface area contributed by atoms with E-state index in [9.17, 15) is 0 Å². The molecule has 0 fully saturated rings. The molecule has 1 aliphatic rings. The maximum absolute atomic E-state index is 8.27. The Hall–Kier alpha value is -2.66. The van der Waals surface area contributed by atoms with E-state index in [-0.39, 0.29) is 5.84 Å². The number of hydrogen-bond donors (Lipinski definition) is 3. The van der Waals surface area contributed by atoms with Gasteiger partial charge in [0.05, 0.1) is 11.4 Å². The van der Waals surface area contributed by atoms with Gasteiger partial charge in [-0.3, -0.25) is 10.4 Å². The molecule has 1 aromatic heterocycles. The molecule has 3 rings (SSSR count). The SMILES string of the molecule is CCc1cc2c(cn1)C(c1ccccc1Cl)=N/C(=C(\C)N)C(=N)N2. The standard InChI is InChI=1S/C18H18ClN5/c1-3-11-8-15-13(9-22-11)17(12-6-4-5-7-14(12)19)24-16(10(2)20)18(21)23-15/h4-9H,3,20H2,1-2H3,(H2,21,23)/b16-10+. The largest absolute Gasteiger partial charge is 0.400 e. The van der Waals surface area contributed by atoms with Crippen molar-refractivity contribution in [3.63, 3.8) is 0 Å². The van der Waals surface area contributed by atoms with Crippen molar-refractivity contribution in [1.82, 2.24) is 4.98 Å². The minimum absolute atomic E-state index is 0.159. The zero-order valence-corrected chi connectivity index (χ0v) is 14.3. The lowest BCUT2D eigenvalue weighted by molar-refractivity contribution is 1.03. The summed E-state index contributed by atoms with van der Waals surface area (Å²) in [6, 6.07) is 9.42. The van der Waals surface area contributed by atoms with Crippen LogP contribution in [-0.4, -0.2) is 16.5 Å². The summed E-state index contributed by atoms with van der Waals surface area (Å²) in [5.41, 5.74) is 10.7. The Morgan fingerprint density at radius 1 is 1.29 bits per heavy atom. The number of hydrogen-bond acceptors (Lipinski definition) is 4. The third-order valence-electron chi connectivity index (χ3n) is 3.80. The molecule has 0 saturated carbocycles. The molecule has 0 unspecified atom stereocenters. The fraction of sp³-hybridized carbons (Fsp3) is 0.167. The van der Waals surface area contributed by atoms with Crippen LogP contribution in [0, 0.1) is 5.41 Å². The van der Waals surface area contributed by atoms with Gasteiger partial charge in [0.1, 0.15) is 5.70 Å². The van der Waals surface area contributed by atoms with Crippen molar-refractivity contribution < 1.29 is 0 Å². The van der Waals surface area contributed by atoms with E-state index in [0.717, 1.165) is 28.9 Å². The molecule has 5 nitrogen and oxygen atoms in total. The lowest BCUT2D eigenvalue weighted by Gasteiger charge is -2.12. The van der Waals surface area contributed by atoms with E-state index in [1.54, 1.807) is 13.1 Å². The van der Waals surface area contributed by atoms with Crippen molar-refractivity contribution in [3.8, 4) is 0 Å². The summed E-state index contributed by atoms with van der Waals surface area (Å²) in [7, 11) is 0. The number of amidine groups is 1. The fourth-order valence-electron chi connectivity index (χ4n) is 2.55. The first-order chi connectivity index (χ1) is 11.5. The molecule has 122 valence electrons. The second-order valence-corrected chi connectivity index (χ2v) is 5.95. The molecule has 0 amide bonds. The number of aliphatic imine (C=N–C) groups is 1.